The van der Waals surface area contributed by atoms with Gasteiger partial charge in [0.25, 0.3) is 0 Å². The molecule has 0 bridgehead atoms. The van der Waals surface area contributed by atoms with E-state index in [0.717, 1.165) is 32.7 Å². The molecule has 0 aliphatic carbocycles. The van der Waals surface area contributed by atoms with Crippen LogP contribution in [-0.4, -0.2) is 24.5 Å². The third kappa shape index (κ3) is 8.16. The largest absolute Gasteiger partial charge is 0.316 e. The first-order valence-corrected chi connectivity index (χ1v) is 9.95. The Morgan fingerprint density at radius 1 is 0.846 bits per heavy atom. The summed E-state index contributed by atoms with van der Waals surface area (Å²) in [4.78, 5) is 2.58. The van der Waals surface area contributed by atoms with Gasteiger partial charge in [0.15, 0.2) is 0 Å². The van der Waals surface area contributed by atoms with Crippen molar-refractivity contribution in [2.75, 3.05) is 19.6 Å². The van der Waals surface area contributed by atoms with E-state index >= 15 is 0 Å². The summed E-state index contributed by atoms with van der Waals surface area (Å²) >= 11 is 0. The van der Waals surface area contributed by atoms with Crippen LogP contribution in [0.4, 0.5) is 0 Å². The van der Waals surface area contributed by atoms with Crippen molar-refractivity contribution in [2.24, 2.45) is 11.3 Å². The number of nitrogens with one attached hydrogen (secondary N) is 1. The third-order valence-electron chi connectivity index (χ3n) is 4.76. The molecule has 1 N–H and O–H groups in total. The van der Waals surface area contributed by atoms with Crippen LogP contribution in [-0.2, 0) is 13.1 Å². The van der Waals surface area contributed by atoms with E-state index in [4.69, 9.17) is 0 Å². The zero-order valence-electron chi connectivity index (χ0n) is 17.0. The van der Waals surface area contributed by atoms with Gasteiger partial charge in [0.2, 0.25) is 0 Å². The number of hydrogen-bond donors (Lipinski definition) is 1. The Labute approximate surface area is 160 Å². The number of benzene rings is 2. The predicted octanol–water partition coefficient (Wildman–Crippen LogP) is 5.35. The van der Waals surface area contributed by atoms with Gasteiger partial charge in [-0.15, -0.1) is 0 Å². The van der Waals surface area contributed by atoms with Crippen molar-refractivity contribution in [3.63, 3.8) is 0 Å². The molecule has 26 heavy (non-hydrogen) atoms. The average molecular weight is 353 g/mol. The van der Waals surface area contributed by atoms with Crippen LogP contribution in [0.5, 0.6) is 0 Å². The lowest BCUT2D eigenvalue weighted by atomic mass is 9.88. The molecule has 0 atom stereocenters. The summed E-state index contributed by atoms with van der Waals surface area (Å²) in [6, 6.07) is 21.6. The maximum atomic E-state index is 3.63. The van der Waals surface area contributed by atoms with Gasteiger partial charge in [0.1, 0.15) is 0 Å². The van der Waals surface area contributed by atoms with Crippen molar-refractivity contribution in [1.82, 2.24) is 10.2 Å². The Morgan fingerprint density at radius 3 is 1.81 bits per heavy atom. The van der Waals surface area contributed by atoms with Crippen molar-refractivity contribution in [3.05, 3.63) is 71.8 Å². The summed E-state index contributed by atoms with van der Waals surface area (Å²) in [7, 11) is 0. The first-order valence-electron chi connectivity index (χ1n) is 9.95. The molecule has 0 radical (unpaired) electrons. The van der Waals surface area contributed by atoms with E-state index in [0.29, 0.717) is 11.3 Å². The molecule has 0 saturated heterocycles. The van der Waals surface area contributed by atoms with Gasteiger partial charge in [-0.05, 0) is 42.0 Å². The summed E-state index contributed by atoms with van der Waals surface area (Å²) in [6.45, 7) is 14.6. The van der Waals surface area contributed by atoms with Crippen molar-refractivity contribution in [3.8, 4) is 0 Å². The highest BCUT2D eigenvalue weighted by molar-refractivity contribution is 5.17. The van der Waals surface area contributed by atoms with Gasteiger partial charge < -0.3 is 5.32 Å². The minimum atomic E-state index is 0.306. The van der Waals surface area contributed by atoms with Crippen LogP contribution >= 0.6 is 0 Å². The predicted molar refractivity (Wildman–Crippen MR) is 113 cm³/mol. The van der Waals surface area contributed by atoms with Crippen LogP contribution in [0, 0.1) is 11.3 Å². The molecule has 0 heterocycles. The standard InChI is InChI=1S/C24H36N2/c1-21(2)17-25-20-24(3,4)15-16-26(18-22-11-7-5-8-12-22)19-23-13-9-6-10-14-23/h5-14,21,25H,15-20H2,1-4H3. The molecule has 0 saturated carbocycles. The lowest BCUT2D eigenvalue weighted by molar-refractivity contribution is 0.200. The first-order chi connectivity index (χ1) is 12.4. The molecule has 0 amide bonds. The van der Waals surface area contributed by atoms with Gasteiger partial charge in [-0.2, -0.15) is 0 Å². The molecule has 2 rings (SSSR count). The van der Waals surface area contributed by atoms with Crippen LogP contribution in [0.15, 0.2) is 60.7 Å². The molecule has 0 spiro atoms. The number of nitrogens with zero attached hydrogens (tertiary/aromatic N) is 1. The maximum Gasteiger partial charge on any atom is 0.0237 e. The minimum absolute atomic E-state index is 0.306. The molecule has 142 valence electrons. The summed E-state index contributed by atoms with van der Waals surface area (Å²) in [5.41, 5.74) is 3.08. The molecule has 2 heteroatoms. The van der Waals surface area contributed by atoms with Crippen molar-refractivity contribution >= 4 is 0 Å². The molecule has 0 aliphatic heterocycles. The number of rotatable bonds is 11. The van der Waals surface area contributed by atoms with Crippen molar-refractivity contribution in [2.45, 2.75) is 47.2 Å². The topological polar surface area (TPSA) is 15.3 Å². The van der Waals surface area contributed by atoms with Gasteiger partial charge in [0, 0.05) is 19.6 Å². The number of hydrogen-bond acceptors (Lipinski definition) is 2. The van der Waals surface area contributed by atoms with E-state index in [2.05, 4.69) is 98.6 Å². The Bertz CT molecular complexity index is 563. The lowest BCUT2D eigenvalue weighted by Crippen LogP contribution is -2.35. The SMILES string of the molecule is CC(C)CNCC(C)(C)CCN(Cc1ccccc1)Cc1ccccc1. The van der Waals surface area contributed by atoms with E-state index in [1.54, 1.807) is 0 Å². The molecular weight excluding hydrogens is 316 g/mol. The van der Waals surface area contributed by atoms with Gasteiger partial charge in [0.05, 0.1) is 0 Å². The maximum absolute atomic E-state index is 3.63. The van der Waals surface area contributed by atoms with Crippen LogP contribution in [0.1, 0.15) is 45.2 Å². The zero-order valence-corrected chi connectivity index (χ0v) is 17.0. The monoisotopic (exact) mass is 352 g/mol. The fraction of sp³-hybridized carbons (Fsp3) is 0.500. The van der Waals surface area contributed by atoms with E-state index < -0.39 is 0 Å². The third-order valence-corrected chi connectivity index (χ3v) is 4.76. The highest BCUT2D eigenvalue weighted by Crippen LogP contribution is 2.21. The van der Waals surface area contributed by atoms with E-state index in [9.17, 15) is 0 Å². The second-order valence-corrected chi connectivity index (χ2v) is 8.62. The molecule has 0 aromatic heterocycles. The molecule has 0 fully saturated rings. The quantitative estimate of drug-likeness (QED) is 0.586. The summed E-state index contributed by atoms with van der Waals surface area (Å²) < 4.78 is 0. The molecule has 2 aromatic carbocycles. The van der Waals surface area contributed by atoms with Crippen LogP contribution < -0.4 is 5.32 Å². The van der Waals surface area contributed by atoms with Crippen LogP contribution in [0.25, 0.3) is 0 Å². The fourth-order valence-corrected chi connectivity index (χ4v) is 3.15. The van der Waals surface area contributed by atoms with Gasteiger partial charge in [-0.1, -0.05) is 88.4 Å². The smallest absolute Gasteiger partial charge is 0.0237 e. The Morgan fingerprint density at radius 2 is 1.35 bits per heavy atom. The van der Waals surface area contributed by atoms with Crippen molar-refractivity contribution < 1.29 is 0 Å². The zero-order chi connectivity index (χ0) is 18.8. The second kappa shape index (κ2) is 10.5. The van der Waals surface area contributed by atoms with E-state index in [1.807, 2.05) is 0 Å². The Balaban J connectivity index is 1.94. The van der Waals surface area contributed by atoms with Gasteiger partial charge in [-0.25, -0.2) is 0 Å². The molecule has 0 unspecified atom stereocenters. The fourth-order valence-electron chi connectivity index (χ4n) is 3.15. The average Bonchev–Trinajstić information content (AvgIpc) is 2.61. The molecule has 0 aliphatic rings. The Hall–Kier alpha value is -1.64. The first kappa shape index (κ1) is 20.7. The molecule has 2 nitrogen and oxygen atoms in total. The van der Waals surface area contributed by atoms with E-state index in [-0.39, 0.29) is 0 Å². The Kier molecular flexibility index (Phi) is 8.34. The molecule has 2 aromatic rings. The van der Waals surface area contributed by atoms with Gasteiger partial charge in [-0.3, -0.25) is 4.90 Å². The summed E-state index contributed by atoms with van der Waals surface area (Å²) in [5, 5.41) is 3.63. The second-order valence-electron chi connectivity index (χ2n) is 8.62. The van der Waals surface area contributed by atoms with Crippen LogP contribution in [0.2, 0.25) is 0 Å². The van der Waals surface area contributed by atoms with E-state index in [1.165, 1.54) is 17.5 Å². The van der Waals surface area contributed by atoms with Crippen molar-refractivity contribution in [1.29, 1.82) is 0 Å². The van der Waals surface area contributed by atoms with Gasteiger partial charge >= 0.3 is 0 Å². The highest BCUT2D eigenvalue weighted by atomic mass is 15.1. The highest BCUT2D eigenvalue weighted by Gasteiger charge is 2.19. The normalized spacial score (nSPS) is 12.1. The van der Waals surface area contributed by atoms with Crippen LogP contribution in [0.3, 0.4) is 0 Å². The lowest BCUT2D eigenvalue weighted by Gasteiger charge is -2.30. The molecular formula is C24H36N2. The minimum Gasteiger partial charge on any atom is -0.316 e. The summed E-state index contributed by atoms with van der Waals surface area (Å²) in [6.07, 6.45) is 1.19. The summed E-state index contributed by atoms with van der Waals surface area (Å²) in [5.74, 6) is 0.707.